The molecule has 0 unspecified atom stereocenters. The molecule has 1 aliphatic heterocycles. The van der Waals surface area contributed by atoms with Gasteiger partial charge in [-0.2, -0.15) is 0 Å². The molecular weight excluding hydrogens is 496 g/mol. The highest BCUT2D eigenvalue weighted by atomic mass is 16.5. The molecule has 3 aromatic rings. The predicted molar refractivity (Wildman–Crippen MR) is 153 cm³/mol. The Hall–Kier alpha value is -4.47. The highest BCUT2D eigenvalue weighted by molar-refractivity contribution is 6.37. The zero-order chi connectivity index (χ0) is 27.9. The van der Waals surface area contributed by atoms with E-state index in [2.05, 4.69) is 10.6 Å². The van der Waals surface area contributed by atoms with Crippen molar-refractivity contribution in [2.75, 3.05) is 63.5 Å². The van der Waals surface area contributed by atoms with E-state index in [0.717, 1.165) is 16.9 Å². The summed E-state index contributed by atoms with van der Waals surface area (Å²) in [6.45, 7) is 1.49. The van der Waals surface area contributed by atoms with Crippen molar-refractivity contribution in [1.82, 2.24) is 4.90 Å². The van der Waals surface area contributed by atoms with E-state index in [1.807, 2.05) is 66.5 Å². The van der Waals surface area contributed by atoms with Crippen LogP contribution in [0, 0.1) is 0 Å². The molecule has 0 atom stereocenters. The fourth-order valence-corrected chi connectivity index (χ4v) is 4.27. The number of hydrogen-bond donors (Lipinski definition) is 2. The highest BCUT2D eigenvalue weighted by Crippen LogP contribution is 2.38. The van der Waals surface area contributed by atoms with Gasteiger partial charge in [-0.15, -0.1) is 0 Å². The van der Waals surface area contributed by atoms with Gasteiger partial charge < -0.3 is 25.0 Å². The standard InChI is InChI=1S/C30H32N4O5/c1-33(16-17-38-3)19-26(35)34(2)23-13-11-22(12-14-23)31-28(20-8-6-5-7-9-20)27-24-15-10-21(30(37)39-4)18-25(24)32-29(27)36/h5-15,18,31H,16-17,19H2,1-4H3,(H,32,36)/b28-27-. The van der Waals surface area contributed by atoms with Crippen LogP contribution >= 0.6 is 0 Å². The number of hydrogen-bond acceptors (Lipinski definition) is 7. The van der Waals surface area contributed by atoms with Gasteiger partial charge in [0.15, 0.2) is 0 Å². The van der Waals surface area contributed by atoms with Gasteiger partial charge in [0, 0.05) is 37.6 Å². The molecule has 0 radical (unpaired) electrons. The number of nitrogens with one attached hydrogen (secondary N) is 2. The van der Waals surface area contributed by atoms with E-state index in [1.54, 1.807) is 37.3 Å². The molecule has 0 saturated heterocycles. The molecule has 202 valence electrons. The van der Waals surface area contributed by atoms with Gasteiger partial charge in [-0.3, -0.25) is 14.5 Å². The monoisotopic (exact) mass is 528 g/mol. The van der Waals surface area contributed by atoms with Crippen molar-refractivity contribution >= 4 is 46.1 Å². The van der Waals surface area contributed by atoms with Crippen LogP contribution in [0.5, 0.6) is 0 Å². The quantitative estimate of drug-likeness (QED) is 0.304. The van der Waals surface area contributed by atoms with Gasteiger partial charge in [0.05, 0.1) is 42.8 Å². The topological polar surface area (TPSA) is 100 Å². The average molecular weight is 529 g/mol. The van der Waals surface area contributed by atoms with E-state index in [1.165, 1.54) is 7.11 Å². The first-order valence-corrected chi connectivity index (χ1v) is 12.5. The molecule has 9 heteroatoms. The Kier molecular flexibility index (Phi) is 8.75. The molecule has 0 fully saturated rings. The Bertz CT molecular complexity index is 1390. The molecule has 0 spiro atoms. The normalized spacial score (nSPS) is 13.5. The highest BCUT2D eigenvalue weighted by Gasteiger charge is 2.29. The molecule has 0 aromatic heterocycles. The third-order valence-electron chi connectivity index (χ3n) is 6.48. The van der Waals surface area contributed by atoms with Crippen molar-refractivity contribution in [3.05, 3.63) is 89.5 Å². The molecule has 0 aliphatic carbocycles. The first-order valence-electron chi connectivity index (χ1n) is 12.5. The average Bonchev–Trinajstić information content (AvgIpc) is 3.29. The van der Waals surface area contributed by atoms with Crippen LogP contribution in [-0.4, -0.2) is 70.7 Å². The maximum Gasteiger partial charge on any atom is 0.337 e. The summed E-state index contributed by atoms with van der Waals surface area (Å²) < 4.78 is 9.89. The van der Waals surface area contributed by atoms with Crippen molar-refractivity contribution in [3.63, 3.8) is 0 Å². The number of nitrogens with zero attached hydrogens (tertiary/aromatic N) is 2. The largest absolute Gasteiger partial charge is 0.465 e. The third-order valence-corrected chi connectivity index (χ3v) is 6.48. The molecule has 39 heavy (non-hydrogen) atoms. The molecule has 4 rings (SSSR count). The summed E-state index contributed by atoms with van der Waals surface area (Å²) in [6.07, 6.45) is 0. The van der Waals surface area contributed by atoms with Crippen LogP contribution in [0.1, 0.15) is 21.5 Å². The second-order valence-electron chi connectivity index (χ2n) is 9.18. The summed E-state index contributed by atoms with van der Waals surface area (Å²) in [5.74, 6) is -0.791. The molecule has 0 saturated carbocycles. The van der Waals surface area contributed by atoms with Crippen molar-refractivity contribution in [1.29, 1.82) is 0 Å². The molecule has 2 N–H and O–H groups in total. The summed E-state index contributed by atoms with van der Waals surface area (Å²) in [5, 5.41) is 6.28. The molecule has 2 amide bonds. The van der Waals surface area contributed by atoms with Gasteiger partial charge in [-0.1, -0.05) is 36.4 Å². The van der Waals surface area contributed by atoms with Crippen LogP contribution in [0.3, 0.4) is 0 Å². The van der Waals surface area contributed by atoms with E-state index in [0.29, 0.717) is 41.2 Å². The van der Waals surface area contributed by atoms with E-state index in [9.17, 15) is 14.4 Å². The van der Waals surface area contributed by atoms with Gasteiger partial charge in [0.25, 0.3) is 5.91 Å². The fraction of sp³-hybridized carbons (Fsp3) is 0.233. The predicted octanol–water partition coefficient (Wildman–Crippen LogP) is 3.95. The van der Waals surface area contributed by atoms with Gasteiger partial charge in [0.2, 0.25) is 5.91 Å². The molecule has 3 aromatic carbocycles. The van der Waals surface area contributed by atoms with E-state index in [4.69, 9.17) is 9.47 Å². The summed E-state index contributed by atoms with van der Waals surface area (Å²) in [5.41, 5.74) is 4.97. The van der Waals surface area contributed by atoms with Gasteiger partial charge >= 0.3 is 5.97 Å². The van der Waals surface area contributed by atoms with Crippen LogP contribution in [0.2, 0.25) is 0 Å². The molecule has 1 aliphatic rings. The van der Waals surface area contributed by atoms with Crippen LogP contribution in [-0.2, 0) is 19.1 Å². The third kappa shape index (κ3) is 6.34. The number of esters is 1. The van der Waals surface area contributed by atoms with Crippen molar-refractivity contribution in [2.45, 2.75) is 0 Å². The number of carbonyl (C=O) groups is 3. The van der Waals surface area contributed by atoms with E-state index >= 15 is 0 Å². The lowest BCUT2D eigenvalue weighted by atomic mass is 9.99. The van der Waals surface area contributed by atoms with Gasteiger partial charge in [-0.05, 0) is 49.0 Å². The number of benzene rings is 3. The SMILES string of the molecule is COCCN(C)CC(=O)N(C)c1ccc(N/C(=C2\C(=O)Nc3cc(C(=O)OC)ccc32)c2ccccc2)cc1. The minimum atomic E-state index is -0.476. The Balaban J connectivity index is 1.62. The zero-order valence-corrected chi connectivity index (χ0v) is 22.5. The van der Waals surface area contributed by atoms with Crippen molar-refractivity contribution in [2.24, 2.45) is 0 Å². The number of likely N-dealkylation sites (N-methyl/N-ethyl adjacent to an activating group) is 2. The van der Waals surface area contributed by atoms with Crippen LogP contribution in [0.4, 0.5) is 17.1 Å². The number of ether oxygens (including phenoxy) is 2. The zero-order valence-electron chi connectivity index (χ0n) is 22.5. The van der Waals surface area contributed by atoms with Gasteiger partial charge in [-0.25, -0.2) is 4.79 Å². The second-order valence-corrected chi connectivity index (χ2v) is 9.18. The first kappa shape index (κ1) is 27.6. The maximum absolute atomic E-state index is 13.2. The number of amides is 2. The molecule has 9 nitrogen and oxygen atoms in total. The number of methoxy groups -OCH3 is 2. The fourth-order valence-electron chi connectivity index (χ4n) is 4.27. The lowest BCUT2D eigenvalue weighted by molar-refractivity contribution is -0.119. The lowest BCUT2D eigenvalue weighted by Crippen LogP contribution is -2.37. The van der Waals surface area contributed by atoms with Crippen LogP contribution < -0.4 is 15.5 Å². The summed E-state index contributed by atoms with van der Waals surface area (Å²) >= 11 is 0. The van der Waals surface area contributed by atoms with Gasteiger partial charge in [0.1, 0.15) is 0 Å². The Morgan fingerprint density at radius 1 is 0.923 bits per heavy atom. The molecule has 0 bridgehead atoms. The van der Waals surface area contributed by atoms with Crippen molar-refractivity contribution < 1.29 is 23.9 Å². The van der Waals surface area contributed by atoms with E-state index < -0.39 is 5.97 Å². The number of rotatable bonds is 10. The summed E-state index contributed by atoms with van der Waals surface area (Å²) in [7, 11) is 6.57. The Morgan fingerprint density at radius 2 is 1.64 bits per heavy atom. The Morgan fingerprint density at radius 3 is 2.31 bits per heavy atom. The number of anilines is 3. The molecular formula is C30H32N4O5. The lowest BCUT2D eigenvalue weighted by Gasteiger charge is -2.22. The number of fused-ring (bicyclic) bond motifs is 1. The van der Waals surface area contributed by atoms with Crippen LogP contribution in [0.25, 0.3) is 11.3 Å². The second kappa shape index (κ2) is 12.4. The Labute approximate surface area is 228 Å². The minimum absolute atomic E-state index is 0.0352. The summed E-state index contributed by atoms with van der Waals surface area (Å²) in [6, 6.07) is 22.0. The van der Waals surface area contributed by atoms with E-state index in [-0.39, 0.29) is 18.4 Å². The summed E-state index contributed by atoms with van der Waals surface area (Å²) in [4.78, 5) is 41.4. The minimum Gasteiger partial charge on any atom is -0.465 e. The first-order chi connectivity index (χ1) is 18.8. The van der Waals surface area contributed by atoms with Crippen molar-refractivity contribution in [3.8, 4) is 0 Å². The maximum atomic E-state index is 13.2. The smallest absolute Gasteiger partial charge is 0.337 e. The number of carbonyl (C=O) groups excluding carboxylic acids is 3. The van der Waals surface area contributed by atoms with Crippen LogP contribution in [0.15, 0.2) is 72.8 Å². The molecule has 1 heterocycles.